The SMILES string of the molecule is O=[Se](O)O.[V]. The van der Waals surface area contributed by atoms with Crippen LogP contribution in [0.1, 0.15) is 0 Å². The molecule has 0 aliphatic carbocycles. The normalized spacial score (nSPS) is 7.00. The zero-order valence-corrected chi connectivity index (χ0v) is 5.27. The Hall–Kier alpha value is 0.824. The van der Waals surface area contributed by atoms with Crippen LogP contribution < -0.4 is 0 Å². The Balaban J connectivity index is 0. The van der Waals surface area contributed by atoms with Crippen LogP contribution in [-0.2, 0) is 22.4 Å². The van der Waals surface area contributed by atoms with Crippen LogP contribution in [-0.4, -0.2) is 22.9 Å². The van der Waals surface area contributed by atoms with Gasteiger partial charge in [-0.25, -0.2) is 0 Å². The Labute approximate surface area is 45.6 Å². The smallest absolute Gasteiger partial charge is 0 e. The first kappa shape index (κ1) is 9.27. The molecule has 0 spiro atoms. The molecular formula is H2O3SeV. The Morgan fingerprint density at radius 2 is 1.40 bits per heavy atom. The molecule has 0 aliphatic rings. The van der Waals surface area contributed by atoms with Gasteiger partial charge in [-0.15, -0.1) is 0 Å². The van der Waals surface area contributed by atoms with E-state index in [1.165, 1.54) is 0 Å². The van der Waals surface area contributed by atoms with E-state index >= 15 is 0 Å². The number of rotatable bonds is 0. The molecule has 31 valence electrons. The summed E-state index contributed by atoms with van der Waals surface area (Å²) >= 11 is -3.29. The minimum atomic E-state index is -3.29. The molecule has 0 atom stereocenters. The molecule has 1 radical (unpaired) electrons. The Morgan fingerprint density at radius 3 is 1.40 bits per heavy atom. The molecule has 0 aromatic heterocycles. The summed E-state index contributed by atoms with van der Waals surface area (Å²) < 4.78 is 23.1. The quantitative estimate of drug-likeness (QED) is 0.440. The fraction of sp³-hybridized carbons (Fsp3) is 0. The summed E-state index contributed by atoms with van der Waals surface area (Å²) in [4.78, 5) is 0. The Bertz CT molecular complexity index is 29.9. The van der Waals surface area contributed by atoms with Crippen LogP contribution >= 0.6 is 0 Å². The third-order valence-electron chi connectivity index (χ3n) is 0. The van der Waals surface area contributed by atoms with Gasteiger partial charge in [0.25, 0.3) is 0 Å². The van der Waals surface area contributed by atoms with Crippen LogP contribution in [0.2, 0.25) is 0 Å². The van der Waals surface area contributed by atoms with Gasteiger partial charge in [0.2, 0.25) is 0 Å². The van der Waals surface area contributed by atoms with Gasteiger partial charge in [0.15, 0.2) is 0 Å². The topological polar surface area (TPSA) is 57.5 Å². The van der Waals surface area contributed by atoms with Crippen LogP contribution in [0.3, 0.4) is 0 Å². The second-order valence-electron chi connectivity index (χ2n) is 0.231. The molecule has 0 aromatic rings. The van der Waals surface area contributed by atoms with E-state index in [4.69, 9.17) is 12.2 Å². The molecule has 5 heavy (non-hydrogen) atoms. The second-order valence-corrected chi connectivity index (χ2v) is 1.20. The average molecular weight is 180 g/mol. The fourth-order valence-corrected chi connectivity index (χ4v) is 0. The van der Waals surface area contributed by atoms with Crippen LogP contribution in [0, 0.1) is 0 Å². The zero-order chi connectivity index (χ0) is 3.58. The van der Waals surface area contributed by atoms with E-state index in [2.05, 4.69) is 0 Å². The van der Waals surface area contributed by atoms with Crippen molar-refractivity contribution in [3.05, 3.63) is 0 Å². The maximum atomic E-state index is 8.76. The standard InChI is InChI=1S/H2O3Se.V/c1-4(2)3;/h(H2,1,2,3);. The van der Waals surface area contributed by atoms with Crippen molar-refractivity contribution < 1.29 is 30.8 Å². The maximum absolute atomic E-state index is 8.76. The van der Waals surface area contributed by atoms with E-state index in [0.717, 1.165) is 0 Å². The molecular weight excluding hydrogens is 178 g/mol. The van der Waals surface area contributed by atoms with Crippen LogP contribution in [0.5, 0.6) is 0 Å². The van der Waals surface area contributed by atoms with Gasteiger partial charge in [0.05, 0.1) is 0 Å². The van der Waals surface area contributed by atoms with Gasteiger partial charge in [0, 0.05) is 18.6 Å². The summed E-state index contributed by atoms with van der Waals surface area (Å²) in [5.74, 6) is 0. The predicted molar refractivity (Wildman–Crippen MR) is 10.9 cm³/mol. The molecule has 0 rings (SSSR count). The van der Waals surface area contributed by atoms with Crippen molar-refractivity contribution in [2.45, 2.75) is 0 Å². The van der Waals surface area contributed by atoms with Crippen LogP contribution in [0.25, 0.3) is 0 Å². The van der Waals surface area contributed by atoms with Crippen molar-refractivity contribution in [2.24, 2.45) is 0 Å². The number of hydrogen-bond acceptors (Lipinski definition) is 1. The first-order valence-electron chi connectivity index (χ1n) is 0.532. The maximum Gasteiger partial charge on any atom is 0 e. The molecule has 0 saturated heterocycles. The molecule has 2 N–H and O–H groups in total. The minimum Gasteiger partial charge on any atom is 0 e. The predicted octanol–water partition coefficient (Wildman–Crippen LogP) is -1.62. The summed E-state index contributed by atoms with van der Waals surface area (Å²) in [7, 11) is 0. The minimum absolute atomic E-state index is 0. The third-order valence-corrected chi connectivity index (χ3v) is 0. The van der Waals surface area contributed by atoms with Gasteiger partial charge in [-0.1, -0.05) is 0 Å². The molecule has 5 heteroatoms. The van der Waals surface area contributed by atoms with Gasteiger partial charge in [0.1, 0.15) is 0 Å². The molecule has 0 fully saturated rings. The summed E-state index contributed by atoms with van der Waals surface area (Å²) in [5.41, 5.74) is 0. The van der Waals surface area contributed by atoms with Crippen molar-refractivity contribution in [2.75, 3.05) is 0 Å². The van der Waals surface area contributed by atoms with Gasteiger partial charge in [-0.2, -0.15) is 0 Å². The van der Waals surface area contributed by atoms with Crippen molar-refractivity contribution in [3.63, 3.8) is 0 Å². The van der Waals surface area contributed by atoms with Crippen LogP contribution in [0.4, 0.5) is 0 Å². The van der Waals surface area contributed by atoms with Crippen molar-refractivity contribution in [1.82, 2.24) is 0 Å². The summed E-state index contributed by atoms with van der Waals surface area (Å²) in [6.07, 6.45) is 0. The molecule has 3 nitrogen and oxygen atoms in total. The molecule has 0 aliphatic heterocycles. The largest absolute Gasteiger partial charge is 0 e. The molecule has 0 bridgehead atoms. The molecule has 0 saturated carbocycles. The molecule has 0 heterocycles. The van der Waals surface area contributed by atoms with Gasteiger partial charge < -0.3 is 0 Å². The summed E-state index contributed by atoms with van der Waals surface area (Å²) in [6, 6.07) is 0. The van der Waals surface area contributed by atoms with E-state index < -0.39 is 14.5 Å². The molecule has 0 amide bonds. The van der Waals surface area contributed by atoms with E-state index in [-0.39, 0.29) is 18.6 Å². The van der Waals surface area contributed by atoms with Gasteiger partial charge >= 0.3 is 26.7 Å². The number of hydrogen-bond donors (Lipinski definition) is 2. The first-order valence-corrected chi connectivity index (χ1v) is 2.76. The summed E-state index contributed by atoms with van der Waals surface area (Å²) in [5, 5.41) is 0. The van der Waals surface area contributed by atoms with E-state index in [9.17, 15) is 0 Å². The van der Waals surface area contributed by atoms with Crippen molar-refractivity contribution in [1.29, 1.82) is 0 Å². The Morgan fingerprint density at radius 1 is 1.40 bits per heavy atom. The third kappa shape index (κ3) is 56.7. The van der Waals surface area contributed by atoms with Crippen molar-refractivity contribution >= 4 is 14.5 Å². The molecule has 0 unspecified atom stereocenters. The van der Waals surface area contributed by atoms with E-state index in [1.807, 2.05) is 0 Å². The van der Waals surface area contributed by atoms with E-state index in [0.29, 0.717) is 0 Å². The van der Waals surface area contributed by atoms with Gasteiger partial charge in [-0.05, 0) is 0 Å². The first-order chi connectivity index (χ1) is 1.73. The van der Waals surface area contributed by atoms with E-state index in [1.54, 1.807) is 0 Å². The monoisotopic (exact) mass is 181 g/mol. The summed E-state index contributed by atoms with van der Waals surface area (Å²) in [6.45, 7) is 0. The second kappa shape index (κ2) is 4.82. The van der Waals surface area contributed by atoms with Crippen molar-refractivity contribution in [3.8, 4) is 0 Å². The average Bonchev–Trinajstić information content (AvgIpc) is 0.811. The van der Waals surface area contributed by atoms with Crippen LogP contribution in [0.15, 0.2) is 0 Å². The van der Waals surface area contributed by atoms with Gasteiger partial charge in [-0.3, -0.25) is 0 Å². The fourth-order valence-electron chi connectivity index (χ4n) is 0. The molecule has 0 aromatic carbocycles. The zero-order valence-electron chi connectivity index (χ0n) is 2.16. The Kier molecular flexibility index (Phi) is 8.94.